The van der Waals surface area contributed by atoms with E-state index in [1.807, 2.05) is 13.0 Å². The highest BCUT2D eigenvalue weighted by Crippen LogP contribution is 2.20. The second-order valence-corrected chi connectivity index (χ2v) is 5.62. The van der Waals surface area contributed by atoms with Crippen molar-refractivity contribution in [3.8, 4) is 5.75 Å². The number of nitrogens with one attached hydrogen (secondary N) is 1. The van der Waals surface area contributed by atoms with Crippen molar-refractivity contribution in [1.82, 2.24) is 9.97 Å². The minimum Gasteiger partial charge on any atom is -0.491 e. The van der Waals surface area contributed by atoms with Gasteiger partial charge in [-0.05, 0) is 37.5 Å². The van der Waals surface area contributed by atoms with Gasteiger partial charge in [-0.25, -0.2) is 9.97 Å². The summed E-state index contributed by atoms with van der Waals surface area (Å²) in [5.41, 5.74) is 3.38. The number of nitrogens with zero attached hydrogens (tertiary/aromatic N) is 2. The van der Waals surface area contributed by atoms with Gasteiger partial charge in [0.05, 0.1) is 6.54 Å². The van der Waals surface area contributed by atoms with Crippen LogP contribution in [0.5, 0.6) is 5.75 Å². The number of anilines is 1. The highest BCUT2D eigenvalue weighted by Gasteiger charge is 2.05. The van der Waals surface area contributed by atoms with Gasteiger partial charge in [0.1, 0.15) is 29.7 Å². The molecule has 0 aliphatic carbocycles. The lowest BCUT2D eigenvalue weighted by Crippen LogP contribution is -2.13. The van der Waals surface area contributed by atoms with E-state index >= 15 is 0 Å². The van der Waals surface area contributed by atoms with Crippen LogP contribution in [-0.4, -0.2) is 23.1 Å². The molecule has 1 aromatic carbocycles. The Kier molecular flexibility index (Phi) is 6.01. The van der Waals surface area contributed by atoms with Crippen LogP contribution < -0.4 is 10.1 Å². The normalized spacial score (nSPS) is 10.5. The maximum absolute atomic E-state index is 5.96. The molecule has 0 amide bonds. The Hall–Kier alpha value is -1.81. The van der Waals surface area contributed by atoms with Crippen molar-refractivity contribution in [2.24, 2.45) is 0 Å². The van der Waals surface area contributed by atoms with E-state index < -0.39 is 0 Å². The number of hydrogen-bond donors (Lipinski definition) is 1. The molecule has 22 heavy (non-hydrogen) atoms. The van der Waals surface area contributed by atoms with Crippen molar-refractivity contribution in [2.75, 3.05) is 18.5 Å². The molecule has 2 rings (SSSR count). The number of rotatable bonds is 7. The molecular formula is C17H22ClN3O. The van der Waals surface area contributed by atoms with Crippen molar-refractivity contribution < 1.29 is 4.74 Å². The van der Waals surface area contributed by atoms with Gasteiger partial charge in [0, 0.05) is 5.56 Å². The van der Waals surface area contributed by atoms with Gasteiger partial charge in [0.25, 0.3) is 0 Å². The number of hydrogen-bond acceptors (Lipinski definition) is 4. The van der Waals surface area contributed by atoms with Gasteiger partial charge in [0.2, 0.25) is 0 Å². The summed E-state index contributed by atoms with van der Waals surface area (Å²) in [6.07, 6.45) is 3.72. The van der Waals surface area contributed by atoms with Crippen molar-refractivity contribution in [3.63, 3.8) is 0 Å². The summed E-state index contributed by atoms with van der Waals surface area (Å²) in [4.78, 5) is 8.10. The Morgan fingerprint density at radius 1 is 1.23 bits per heavy atom. The Morgan fingerprint density at radius 2 is 2.05 bits per heavy atom. The van der Waals surface area contributed by atoms with Gasteiger partial charge in [0.15, 0.2) is 0 Å². The number of aromatic nitrogens is 2. The SMILES string of the molecule is CCCc1ccc(OCCNc2ncnc(Cl)c2C)c(C)c1. The Bertz CT molecular complexity index is 631. The molecule has 2 aromatic rings. The lowest BCUT2D eigenvalue weighted by atomic mass is 10.1. The molecule has 1 N–H and O–H groups in total. The van der Waals surface area contributed by atoms with Crippen LogP contribution >= 0.6 is 11.6 Å². The molecule has 1 aromatic heterocycles. The summed E-state index contributed by atoms with van der Waals surface area (Å²) in [7, 11) is 0. The van der Waals surface area contributed by atoms with E-state index in [1.54, 1.807) is 0 Å². The largest absolute Gasteiger partial charge is 0.491 e. The van der Waals surface area contributed by atoms with Crippen LogP contribution in [0, 0.1) is 13.8 Å². The average molecular weight is 320 g/mol. The van der Waals surface area contributed by atoms with E-state index in [1.165, 1.54) is 17.5 Å². The standard InChI is InChI=1S/C17H22ClN3O/c1-4-5-14-6-7-15(12(2)10-14)22-9-8-19-17-13(3)16(18)20-11-21-17/h6-7,10-11H,4-5,8-9H2,1-3H3,(H,19,20,21). The molecule has 1 heterocycles. The van der Waals surface area contributed by atoms with Crippen molar-refractivity contribution in [1.29, 1.82) is 0 Å². The molecule has 0 radical (unpaired) electrons. The fourth-order valence-electron chi connectivity index (χ4n) is 2.25. The van der Waals surface area contributed by atoms with E-state index in [2.05, 4.69) is 41.3 Å². The van der Waals surface area contributed by atoms with Crippen LogP contribution in [0.3, 0.4) is 0 Å². The second kappa shape index (κ2) is 7.99. The summed E-state index contributed by atoms with van der Waals surface area (Å²) in [5, 5.41) is 3.69. The van der Waals surface area contributed by atoms with Crippen LogP contribution in [0.1, 0.15) is 30.0 Å². The van der Waals surface area contributed by atoms with E-state index in [0.29, 0.717) is 18.3 Å². The highest BCUT2D eigenvalue weighted by molar-refractivity contribution is 6.30. The van der Waals surface area contributed by atoms with Crippen molar-refractivity contribution >= 4 is 17.4 Å². The monoisotopic (exact) mass is 319 g/mol. The third-order valence-corrected chi connectivity index (χ3v) is 3.83. The molecule has 0 atom stereocenters. The van der Waals surface area contributed by atoms with Crippen LogP contribution in [0.2, 0.25) is 5.15 Å². The Labute approximate surface area is 136 Å². The molecule has 0 spiro atoms. The van der Waals surface area contributed by atoms with Crippen molar-refractivity contribution in [2.45, 2.75) is 33.6 Å². The minimum atomic E-state index is 0.473. The van der Waals surface area contributed by atoms with Gasteiger partial charge in [-0.1, -0.05) is 37.1 Å². The molecule has 0 aliphatic rings. The van der Waals surface area contributed by atoms with E-state index in [-0.39, 0.29) is 0 Å². The fourth-order valence-corrected chi connectivity index (χ4v) is 2.39. The summed E-state index contributed by atoms with van der Waals surface area (Å²) >= 11 is 5.96. The van der Waals surface area contributed by atoms with Gasteiger partial charge in [-0.15, -0.1) is 0 Å². The first-order chi connectivity index (χ1) is 10.6. The first kappa shape index (κ1) is 16.6. The predicted molar refractivity (Wildman–Crippen MR) is 90.9 cm³/mol. The molecule has 0 bridgehead atoms. The zero-order valence-corrected chi connectivity index (χ0v) is 14.1. The lowest BCUT2D eigenvalue weighted by Gasteiger charge is -2.12. The molecule has 0 saturated heterocycles. The summed E-state index contributed by atoms with van der Waals surface area (Å²) < 4.78 is 5.82. The molecule has 5 heteroatoms. The van der Waals surface area contributed by atoms with Crippen LogP contribution in [-0.2, 0) is 6.42 Å². The fraction of sp³-hybridized carbons (Fsp3) is 0.412. The van der Waals surface area contributed by atoms with Gasteiger partial charge < -0.3 is 10.1 Å². The van der Waals surface area contributed by atoms with Gasteiger partial charge in [-0.2, -0.15) is 0 Å². The topological polar surface area (TPSA) is 47.0 Å². The highest BCUT2D eigenvalue weighted by atomic mass is 35.5. The Balaban J connectivity index is 1.85. The quantitative estimate of drug-likeness (QED) is 0.614. The van der Waals surface area contributed by atoms with Crippen LogP contribution in [0.25, 0.3) is 0 Å². The molecule has 118 valence electrons. The summed E-state index contributed by atoms with van der Waals surface area (Å²) in [5.74, 6) is 1.68. The zero-order chi connectivity index (χ0) is 15.9. The number of ether oxygens (including phenoxy) is 1. The number of benzene rings is 1. The van der Waals surface area contributed by atoms with E-state index in [4.69, 9.17) is 16.3 Å². The lowest BCUT2D eigenvalue weighted by molar-refractivity contribution is 0.330. The Morgan fingerprint density at radius 3 is 2.77 bits per heavy atom. The van der Waals surface area contributed by atoms with Crippen LogP contribution in [0.15, 0.2) is 24.5 Å². The predicted octanol–water partition coefficient (Wildman–Crippen LogP) is 4.19. The summed E-state index contributed by atoms with van der Waals surface area (Å²) in [6.45, 7) is 7.38. The first-order valence-electron chi connectivity index (χ1n) is 7.55. The van der Waals surface area contributed by atoms with E-state index in [0.717, 1.165) is 30.0 Å². The first-order valence-corrected chi connectivity index (χ1v) is 7.93. The third-order valence-electron chi connectivity index (χ3n) is 3.45. The third kappa shape index (κ3) is 4.34. The molecule has 0 fully saturated rings. The second-order valence-electron chi connectivity index (χ2n) is 5.26. The average Bonchev–Trinajstić information content (AvgIpc) is 2.50. The maximum atomic E-state index is 5.96. The number of halogens is 1. The molecule has 0 saturated carbocycles. The summed E-state index contributed by atoms with van der Waals surface area (Å²) in [6, 6.07) is 6.38. The molecule has 4 nitrogen and oxygen atoms in total. The van der Waals surface area contributed by atoms with Crippen molar-refractivity contribution in [3.05, 3.63) is 46.4 Å². The van der Waals surface area contributed by atoms with E-state index in [9.17, 15) is 0 Å². The smallest absolute Gasteiger partial charge is 0.137 e. The number of aryl methyl sites for hydroxylation is 2. The molecular weight excluding hydrogens is 298 g/mol. The van der Waals surface area contributed by atoms with Gasteiger partial charge in [-0.3, -0.25) is 0 Å². The minimum absolute atomic E-state index is 0.473. The zero-order valence-electron chi connectivity index (χ0n) is 13.3. The molecule has 0 aliphatic heterocycles. The molecule has 0 unspecified atom stereocenters. The van der Waals surface area contributed by atoms with Gasteiger partial charge >= 0.3 is 0 Å². The van der Waals surface area contributed by atoms with Crippen LogP contribution in [0.4, 0.5) is 5.82 Å². The maximum Gasteiger partial charge on any atom is 0.137 e.